The second-order valence-electron chi connectivity index (χ2n) is 9.85. The molecule has 2 atom stereocenters. The predicted octanol–water partition coefficient (Wildman–Crippen LogP) is 3.94. The highest BCUT2D eigenvalue weighted by Crippen LogP contribution is 2.40. The molecule has 2 aliphatic rings. The predicted molar refractivity (Wildman–Crippen MR) is 133 cm³/mol. The van der Waals surface area contributed by atoms with Crippen molar-refractivity contribution in [3.8, 4) is 0 Å². The average Bonchev–Trinajstić information content (AvgIpc) is 3.56. The third-order valence-corrected chi connectivity index (χ3v) is 8.30. The van der Waals surface area contributed by atoms with Gasteiger partial charge in [-0.1, -0.05) is 0 Å². The highest BCUT2D eigenvalue weighted by Gasteiger charge is 2.32. The van der Waals surface area contributed by atoms with E-state index < -0.39 is 10.0 Å². The van der Waals surface area contributed by atoms with Crippen molar-refractivity contribution in [2.45, 2.75) is 69.6 Å². The fraction of sp³-hybridized carbons (Fsp3) is 0.480. The van der Waals surface area contributed by atoms with E-state index in [0.717, 1.165) is 18.5 Å². The standard InChI is InChI=1S/C25H31N5O4S/c1-15(2)30-24-22(12-26-30)21(11-23(28-24)18-5-6-18)25(31)27-19-7-9-20(10-8-19)35(32,33)29-13-16(3)34-17(4)14-29/h7-12,15-18H,5-6,13-14H2,1-4H3,(H,27,31)/t16-,17-/m0/s1. The number of ether oxygens (including phenoxy) is 1. The zero-order valence-electron chi connectivity index (χ0n) is 20.4. The van der Waals surface area contributed by atoms with Crippen molar-refractivity contribution in [1.29, 1.82) is 0 Å². The smallest absolute Gasteiger partial charge is 0.256 e. The normalized spacial score (nSPS) is 21.5. The number of nitrogens with one attached hydrogen (secondary N) is 1. The average molecular weight is 498 g/mol. The van der Waals surface area contributed by atoms with Crippen molar-refractivity contribution in [3.63, 3.8) is 0 Å². The number of sulfonamides is 1. The molecule has 186 valence electrons. The molecule has 10 heteroatoms. The molecule has 1 N–H and O–H groups in total. The Morgan fingerprint density at radius 3 is 2.37 bits per heavy atom. The van der Waals surface area contributed by atoms with Crippen LogP contribution in [0.2, 0.25) is 0 Å². The largest absolute Gasteiger partial charge is 0.373 e. The van der Waals surface area contributed by atoms with E-state index >= 15 is 0 Å². The van der Waals surface area contributed by atoms with E-state index in [1.54, 1.807) is 18.3 Å². The van der Waals surface area contributed by atoms with Crippen LogP contribution in [0.15, 0.2) is 41.4 Å². The van der Waals surface area contributed by atoms with Crippen LogP contribution in [-0.2, 0) is 14.8 Å². The van der Waals surface area contributed by atoms with Crippen LogP contribution in [0.3, 0.4) is 0 Å². The number of hydrogen-bond donors (Lipinski definition) is 1. The van der Waals surface area contributed by atoms with Gasteiger partial charge in [-0.15, -0.1) is 0 Å². The van der Waals surface area contributed by atoms with Crippen molar-refractivity contribution in [2.24, 2.45) is 0 Å². The highest BCUT2D eigenvalue weighted by molar-refractivity contribution is 7.89. The van der Waals surface area contributed by atoms with Crippen molar-refractivity contribution in [3.05, 3.63) is 47.8 Å². The summed E-state index contributed by atoms with van der Waals surface area (Å²) < 4.78 is 35.2. The number of anilines is 1. The number of nitrogens with zero attached hydrogens (tertiary/aromatic N) is 4. The van der Waals surface area contributed by atoms with Crippen molar-refractivity contribution in [2.75, 3.05) is 18.4 Å². The molecule has 1 aromatic carbocycles. The molecule has 0 radical (unpaired) electrons. The SMILES string of the molecule is CC(C)n1ncc2c(C(=O)Nc3ccc(S(=O)(=O)N4C[C@H](C)O[C@@H](C)C4)cc3)cc(C3CC3)nc21. The molecular weight excluding hydrogens is 466 g/mol. The van der Waals surface area contributed by atoms with E-state index in [1.807, 2.05) is 38.4 Å². The summed E-state index contributed by atoms with van der Waals surface area (Å²) in [6, 6.07) is 8.29. The van der Waals surface area contributed by atoms with Crippen molar-refractivity contribution < 1.29 is 17.9 Å². The number of hydrogen-bond acceptors (Lipinski definition) is 6. The van der Waals surface area contributed by atoms with Gasteiger partial charge in [-0.3, -0.25) is 4.79 Å². The van der Waals surface area contributed by atoms with Gasteiger partial charge < -0.3 is 10.1 Å². The Hall–Kier alpha value is -2.82. The van der Waals surface area contributed by atoms with Gasteiger partial charge in [0, 0.05) is 36.4 Å². The fourth-order valence-corrected chi connectivity index (χ4v) is 6.17. The Kier molecular flexibility index (Phi) is 6.14. The number of aromatic nitrogens is 3. The second kappa shape index (κ2) is 9.00. The Morgan fingerprint density at radius 1 is 1.11 bits per heavy atom. The third-order valence-electron chi connectivity index (χ3n) is 6.45. The van der Waals surface area contributed by atoms with Crippen LogP contribution in [-0.4, -0.2) is 58.7 Å². The van der Waals surface area contributed by atoms with Gasteiger partial charge in [0.25, 0.3) is 5.91 Å². The van der Waals surface area contributed by atoms with Crippen LogP contribution < -0.4 is 5.32 Å². The molecule has 0 unspecified atom stereocenters. The molecular formula is C25H31N5O4S. The number of carbonyl (C=O) groups is 1. The summed E-state index contributed by atoms with van der Waals surface area (Å²) in [6.45, 7) is 8.43. The van der Waals surface area contributed by atoms with Gasteiger partial charge in [0.2, 0.25) is 10.0 Å². The van der Waals surface area contributed by atoms with Crippen LogP contribution in [0.25, 0.3) is 11.0 Å². The first-order valence-electron chi connectivity index (χ1n) is 12.1. The summed E-state index contributed by atoms with van der Waals surface area (Å²) in [4.78, 5) is 18.3. The van der Waals surface area contributed by atoms with Crippen LogP contribution in [0.5, 0.6) is 0 Å². The third kappa shape index (κ3) is 4.70. The van der Waals surface area contributed by atoms with Crippen LogP contribution >= 0.6 is 0 Å². The molecule has 1 aliphatic heterocycles. The maximum atomic E-state index is 13.3. The van der Waals surface area contributed by atoms with Crippen LogP contribution in [0, 0.1) is 0 Å². The monoisotopic (exact) mass is 497 g/mol. The molecule has 9 nitrogen and oxygen atoms in total. The Morgan fingerprint density at radius 2 is 1.77 bits per heavy atom. The number of carbonyl (C=O) groups excluding carboxylic acids is 1. The van der Waals surface area contributed by atoms with Gasteiger partial charge in [-0.25, -0.2) is 18.1 Å². The lowest BCUT2D eigenvalue weighted by atomic mass is 10.1. The first kappa shape index (κ1) is 23.9. The van der Waals surface area contributed by atoms with E-state index in [0.29, 0.717) is 41.3 Å². The lowest BCUT2D eigenvalue weighted by Gasteiger charge is -2.34. The first-order chi connectivity index (χ1) is 16.6. The molecule has 1 saturated carbocycles. The number of amides is 1. The topological polar surface area (TPSA) is 106 Å². The molecule has 0 spiro atoms. The molecule has 3 heterocycles. The fourth-order valence-electron chi connectivity index (χ4n) is 4.58. The summed E-state index contributed by atoms with van der Waals surface area (Å²) in [5.74, 6) is 0.116. The van der Waals surface area contributed by atoms with Crippen LogP contribution in [0.4, 0.5) is 5.69 Å². The Balaban J connectivity index is 1.39. The van der Waals surface area contributed by atoms with Crippen LogP contribution in [0.1, 0.15) is 68.5 Å². The lowest BCUT2D eigenvalue weighted by Crippen LogP contribution is -2.48. The Bertz CT molecular complexity index is 1350. The number of benzene rings is 1. The van der Waals surface area contributed by atoms with E-state index in [9.17, 15) is 13.2 Å². The molecule has 0 bridgehead atoms. The zero-order valence-corrected chi connectivity index (χ0v) is 21.2. The maximum absolute atomic E-state index is 13.3. The van der Waals surface area contributed by atoms with Gasteiger partial charge in [-0.05, 0) is 70.9 Å². The van der Waals surface area contributed by atoms with E-state index in [4.69, 9.17) is 9.72 Å². The van der Waals surface area contributed by atoms with Crippen molar-refractivity contribution in [1.82, 2.24) is 19.1 Å². The van der Waals surface area contributed by atoms with Gasteiger partial charge in [0.15, 0.2) is 5.65 Å². The molecule has 5 rings (SSSR count). The lowest BCUT2D eigenvalue weighted by molar-refractivity contribution is -0.0440. The van der Waals surface area contributed by atoms with Gasteiger partial charge in [0.05, 0.1) is 34.2 Å². The van der Waals surface area contributed by atoms with Gasteiger partial charge in [-0.2, -0.15) is 9.40 Å². The summed E-state index contributed by atoms with van der Waals surface area (Å²) in [5.41, 5.74) is 2.68. The molecule has 35 heavy (non-hydrogen) atoms. The molecule has 1 saturated heterocycles. The quantitative estimate of drug-likeness (QED) is 0.553. The molecule has 1 amide bonds. The van der Waals surface area contributed by atoms with Gasteiger partial charge >= 0.3 is 0 Å². The Labute approximate surface area is 205 Å². The maximum Gasteiger partial charge on any atom is 0.256 e. The van der Waals surface area contributed by atoms with Gasteiger partial charge in [0.1, 0.15) is 0 Å². The number of pyridine rings is 1. The van der Waals surface area contributed by atoms with E-state index in [2.05, 4.69) is 10.4 Å². The van der Waals surface area contributed by atoms with Crippen molar-refractivity contribution >= 4 is 32.7 Å². The second-order valence-corrected chi connectivity index (χ2v) is 11.8. The van der Waals surface area contributed by atoms with E-state index in [1.165, 1.54) is 16.4 Å². The summed E-state index contributed by atoms with van der Waals surface area (Å²) >= 11 is 0. The number of morpholine rings is 1. The number of rotatable bonds is 6. The molecule has 2 fully saturated rings. The minimum absolute atomic E-state index is 0.122. The number of fused-ring (bicyclic) bond motifs is 1. The highest BCUT2D eigenvalue weighted by atomic mass is 32.2. The zero-order chi connectivity index (χ0) is 24.9. The summed E-state index contributed by atoms with van der Waals surface area (Å²) in [7, 11) is -3.65. The minimum atomic E-state index is -3.65. The van der Waals surface area contributed by atoms with E-state index in [-0.39, 0.29) is 29.1 Å². The summed E-state index contributed by atoms with van der Waals surface area (Å²) in [5, 5.41) is 8.07. The minimum Gasteiger partial charge on any atom is -0.373 e. The molecule has 1 aliphatic carbocycles. The molecule has 2 aromatic heterocycles. The first-order valence-corrected chi connectivity index (χ1v) is 13.5. The summed E-state index contributed by atoms with van der Waals surface area (Å²) in [6.07, 6.45) is 3.51. The molecule has 3 aromatic rings.